The van der Waals surface area contributed by atoms with Crippen LogP contribution in [0.3, 0.4) is 0 Å². The van der Waals surface area contributed by atoms with E-state index in [9.17, 15) is 8.78 Å². The number of aryl methyl sites for hydroxylation is 1. The Labute approximate surface area is 159 Å². The van der Waals surface area contributed by atoms with Crippen molar-refractivity contribution >= 4 is 5.65 Å². The summed E-state index contributed by atoms with van der Waals surface area (Å²) < 4.78 is 39.1. The summed E-state index contributed by atoms with van der Waals surface area (Å²) in [5.41, 5.74) is 2.52. The van der Waals surface area contributed by atoms with Crippen LogP contribution in [0.5, 0.6) is 11.9 Å². The molecule has 8 nitrogen and oxygen atoms in total. The molecule has 1 saturated carbocycles. The number of halogens is 2. The third kappa shape index (κ3) is 3.34. The molecule has 0 bridgehead atoms. The molecule has 4 rings (SSSR count). The van der Waals surface area contributed by atoms with Gasteiger partial charge in [0.1, 0.15) is 11.5 Å². The first kappa shape index (κ1) is 18.5. The highest BCUT2D eigenvalue weighted by atomic mass is 19.3. The van der Waals surface area contributed by atoms with Crippen molar-refractivity contribution in [2.75, 3.05) is 14.2 Å². The molecular weight excluding hydrogens is 370 g/mol. The molecule has 148 valence electrons. The van der Waals surface area contributed by atoms with Crippen LogP contribution in [-0.4, -0.2) is 49.9 Å². The van der Waals surface area contributed by atoms with E-state index in [2.05, 4.69) is 25.1 Å². The van der Waals surface area contributed by atoms with E-state index >= 15 is 0 Å². The molecule has 0 N–H and O–H groups in total. The number of aromatic nitrogens is 6. The second-order valence-corrected chi connectivity index (χ2v) is 6.87. The first-order valence-corrected chi connectivity index (χ1v) is 8.98. The maximum absolute atomic E-state index is 13.6. The average Bonchev–Trinajstić information content (AvgIpc) is 3.07. The molecule has 3 aromatic heterocycles. The molecule has 0 saturated heterocycles. The molecule has 0 spiro atoms. The Morgan fingerprint density at radius 1 is 1.11 bits per heavy atom. The topological polar surface area (TPSA) is 87.3 Å². The number of hydrogen-bond acceptors (Lipinski definition) is 7. The molecule has 0 aliphatic heterocycles. The Morgan fingerprint density at radius 3 is 2.54 bits per heavy atom. The van der Waals surface area contributed by atoms with Gasteiger partial charge >= 0.3 is 6.01 Å². The van der Waals surface area contributed by atoms with Crippen LogP contribution < -0.4 is 9.47 Å². The van der Waals surface area contributed by atoms with Gasteiger partial charge in [0, 0.05) is 24.6 Å². The predicted octanol–water partition coefficient (Wildman–Crippen LogP) is 3.20. The van der Waals surface area contributed by atoms with Gasteiger partial charge in [-0.25, -0.2) is 18.7 Å². The van der Waals surface area contributed by atoms with E-state index in [1.54, 1.807) is 13.1 Å². The van der Waals surface area contributed by atoms with Gasteiger partial charge in [-0.2, -0.15) is 4.98 Å². The van der Waals surface area contributed by atoms with Gasteiger partial charge in [-0.15, -0.1) is 14.8 Å². The zero-order valence-corrected chi connectivity index (χ0v) is 15.8. The summed E-state index contributed by atoms with van der Waals surface area (Å²) >= 11 is 0. The van der Waals surface area contributed by atoms with Crippen LogP contribution >= 0.6 is 0 Å². The van der Waals surface area contributed by atoms with Crippen molar-refractivity contribution in [1.29, 1.82) is 0 Å². The minimum absolute atomic E-state index is 0.0439. The van der Waals surface area contributed by atoms with Crippen LogP contribution in [0.4, 0.5) is 8.78 Å². The fourth-order valence-corrected chi connectivity index (χ4v) is 3.56. The lowest BCUT2D eigenvalue weighted by atomic mass is 9.82. The Balaban J connectivity index is 1.83. The Hall–Kier alpha value is -2.91. The number of rotatable bonds is 4. The zero-order valence-electron chi connectivity index (χ0n) is 15.8. The molecule has 28 heavy (non-hydrogen) atoms. The fourth-order valence-electron chi connectivity index (χ4n) is 3.56. The molecule has 10 heteroatoms. The highest BCUT2D eigenvalue weighted by Crippen LogP contribution is 2.42. The number of nitrogens with zero attached hydrogens (tertiary/aromatic N) is 6. The quantitative estimate of drug-likeness (QED) is 0.676. The second-order valence-electron chi connectivity index (χ2n) is 6.87. The molecule has 1 aliphatic rings. The fraction of sp³-hybridized carbons (Fsp3) is 0.500. The van der Waals surface area contributed by atoms with Crippen molar-refractivity contribution in [2.24, 2.45) is 0 Å². The van der Waals surface area contributed by atoms with E-state index in [1.165, 1.54) is 18.8 Å². The Bertz CT molecular complexity index is 1010. The van der Waals surface area contributed by atoms with E-state index in [0.717, 1.165) is 5.56 Å². The average molecular weight is 390 g/mol. The summed E-state index contributed by atoms with van der Waals surface area (Å²) in [5.74, 6) is -1.78. The molecule has 3 aromatic rings. The van der Waals surface area contributed by atoms with E-state index in [4.69, 9.17) is 9.47 Å². The monoisotopic (exact) mass is 390 g/mol. The van der Waals surface area contributed by atoms with Crippen molar-refractivity contribution in [3.63, 3.8) is 0 Å². The lowest BCUT2D eigenvalue weighted by Crippen LogP contribution is -2.24. The summed E-state index contributed by atoms with van der Waals surface area (Å²) in [5, 5.41) is 8.82. The van der Waals surface area contributed by atoms with Gasteiger partial charge in [-0.05, 0) is 31.7 Å². The normalized spacial score (nSPS) is 17.0. The standard InChI is InChI=1S/C18H20F2N6O2/c1-10-22-15-12(11-4-6-18(19,20)7-5-11)8-14(25-26(15)24-10)13-9-21-17(28-3)23-16(13)27-2/h8-9,11H,4-7H2,1-3H3. The van der Waals surface area contributed by atoms with Crippen molar-refractivity contribution in [3.05, 3.63) is 23.7 Å². The zero-order chi connectivity index (χ0) is 19.9. The number of methoxy groups -OCH3 is 2. The van der Waals surface area contributed by atoms with Crippen LogP contribution in [0.1, 0.15) is 43.0 Å². The molecule has 0 aromatic carbocycles. The van der Waals surface area contributed by atoms with Crippen molar-refractivity contribution < 1.29 is 18.3 Å². The highest BCUT2D eigenvalue weighted by molar-refractivity contribution is 5.67. The van der Waals surface area contributed by atoms with Gasteiger partial charge in [0.15, 0.2) is 5.65 Å². The lowest BCUT2D eigenvalue weighted by molar-refractivity contribution is -0.0381. The number of hydrogen-bond donors (Lipinski definition) is 0. The van der Waals surface area contributed by atoms with Crippen LogP contribution in [-0.2, 0) is 0 Å². The summed E-state index contributed by atoms with van der Waals surface area (Å²) in [7, 11) is 2.96. The molecule has 0 amide bonds. The smallest absolute Gasteiger partial charge is 0.319 e. The van der Waals surface area contributed by atoms with Gasteiger partial charge in [0.2, 0.25) is 11.8 Å². The maximum Gasteiger partial charge on any atom is 0.319 e. The molecule has 0 unspecified atom stereocenters. The van der Waals surface area contributed by atoms with Gasteiger partial charge < -0.3 is 9.47 Å². The van der Waals surface area contributed by atoms with Crippen LogP contribution in [0, 0.1) is 6.92 Å². The summed E-state index contributed by atoms with van der Waals surface area (Å²) in [6.07, 6.45) is 2.05. The predicted molar refractivity (Wildman–Crippen MR) is 95.8 cm³/mol. The Kier molecular flexibility index (Phi) is 4.56. The third-order valence-corrected chi connectivity index (χ3v) is 4.99. The van der Waals surface area contributed by atoms with E-state index in [1.807, 2.05) is 6.07 Å². The number of alkyl halides is 2. The van der Waals surface area contributed by atoms with Crippen LogP contribution in [0.25, 0.3) is 16.9 Å². The SMILES string of the molecule is COc1ncc(-c2cc(C3CCC(F)(F)CC3)c3nc(C)nn3n2)c(OC)n1. The molecule has 1 aliphatic carbocycles. The van der Waals surface area contributed by atoms with Gasteiger partial charge in [0.05, 0.1) is 19.8 Å². The molecule has 3 heterocycles. The minimum Gasteiger partial charge on any atom is -0.480 e. The van der Waals surface area contributed by atoms with E-state index in [-0.39, 0.29) is 24.8 Å². The summed E-state index contributed by atoms with van der Waals surface area (Å²) in [6, 6.07) is 2.03. The molecule has 1 fully saturated rings. The van der Waals surface area contributed by atoms with Gasteiger partial charge in [-0.1, -0.05) is 0 Å². The number of ether oxygens (including phenoxy) is 2. The summed E-state index contributed by atoms with van der Waals surface area (Å²) in [6.45, 7) is 1.77. The van der Waals surface area contributed by atoms with Crippen molar-refractivity contribution in [2.45, 2.75) is 44.4 Å². The van der Waals surface area contributed by atoms with Crippen LogP contribution in [0.2, 0.25) is 0 Å². The minimum atomic E-state index is -2.60. The van der Waals surface area contributed by atoms with Gasteiger partial charge in [0.25, 0.3) is 0 Å². The first-order valence-electron chi connectivity index (χ1n) is 8.98. The van der Waals surface area contributed by atoms with Gasteiger partial charge in [-0.3, -0.25) is 0 Å². The maximum atomic E-state index is 13.6. The van der Waals surface area contributed by atoms with Crippen LogP contribution in [0.15, 0.2) is 12.3 Å². The van der Waals surface area contributed by atoms with E-state index in [0.29, 0.717) is 41.5 Å². The summed E-state index contributed by atoms with van der Waals surface area (Å²) in [4.78, 5) is 12.8. The highest BCUT2D eigenvalue weighted by Gasteiger charge is 2.36. The largest absolute Gasteiger partial charge is 0.480 e. The third-order valence-electron chi connectivity index (χ3n) is 4.99. The second kappa shape index (κ2) is 6.92. The Morgan fingerprint density at radius 2 is 1.86 bits per heavy atom. The first-order chi connectivity index (χ1) is 13.4. The van der Waals surface area contributed by atoms with Crippen molar-refractivity contribution in [3.8, 4) is 23.1 Å². The molecular formula is C18H20F2N6O2. The molecule has 0 radical (unpaired) electrons. The number of fused-ring (bicyclic) bond motifs is 1. The van der Waals surface area contributed by atoms with Crippen molar-refractivity contribution in [1.82, 2.24) is 29.8 Å². The molecule has 0 atom stereocenters. The lowest BCUT2D eigenvalue weighted by Gasteiger charge is -2.28. The van der Waals surface area contributed by atoms with E-state index < -0.39 is 5.92 Å².